The molecule has 0 radical (unpaired) electrons. The highest BCUT2D eigenvalue weighted by Gasteiger charge is 2.34. The largest absolute Gasteiger partial charge is 0.464 e. The van der Waals surface area contributed by atoms with E-state index in [1.54, 1.807) is 35.8 Å². The standard InChI is InChI=1S/C27H22ClN3O3S/c1-15-6-4-5-7-20(15)30-25(32)23-17(3)29-27-31(24(23)21-13-8-16(2)34-21)26(33)22(35-27)14-18-9-11-19(28)12-10-18/h4-14,24H,1-3H3,(H,30,32)/b22-14+. The number of benzene rings is 2. The molecule has 1 unspecified atom stereocenters. The molecule has 6 nitrogen and oxygen atoms in total. The van der Waals surface area contributed by atoms with Crippen LogP contribution in [0.25, 0.3) is 6.08 Å². The number of para-hydroxylation sites is 1. The number of aryl methyl sites for hydroxylation is 2. The third kappa shape index (κ3) is 4.40. The lowest BCUT2D eigenvalue weighted by molar-refractivity contribution is -0.113. The topological polar surface area (TPSA) is 76.6 Å². The Balaban J connectivity index is 1.66. The minimum atomic E-state index is -0.740. The number of thiazole rings is 1. The fourth-order valence-corrected chi connectivity index (χ4v) is 5.27. The molecule has 0 aliphatic carbocycles. The Kier molecular flexibility index (Phi) is 6.05. The Morgan fingerprint density at radius 2 is 1.83 bits per heavy atom. The SMILES string of the molecule is CC1=C(C(=O)Nc2ccccc2C)C(c2ccc(C)o2)n2c(s/c(=C/c3ccc(Cl)cc3)c2=O)=N1. The highest BCUT2D eigenvalue weighted by Crippen LogP contribution is 2.32. The van der Waals surface area contributed by atoms with E-state index >= 15 is 0 Å². The summed E-state index contributed by atoms with van der Waals surface area (Å²) in [6.45, 7) is 5.54. The van der Waals surface area contributed by atoms with Crippen LogP contribution in [0.3, 0.4) is 0 Å². The summed E-state index contributed by atoms with van der Waals surface area (Å²) < 4.78 is 8.00. The van der Waals surface area contributed by atoms with Gasteiger partial charge in [0.1, 0.15) is 17.6 Å². The molecule has 5 rings (SSSR count). The van der Waals surface area contributed by atoms with Crippen LogP contribution in [0.4, 0.5) is 5.69 Å². The predicted octanol–water partition coefficient (Wildman–Crippen LogP) is 4.74. The summed E-state index contributed by atoms with van der Waals surface area (Å²) in [4.78, 5) is 32.4. The van der Waals surface area contributed by atoms with Crippen molar-refractivity contribution in [2.45, 2.75) is 26.8 Å². The number of amides is 1. The Hall–Kier alpha value is -3.68. The third-order valence-electron chi connectivity index (χ3n) is 5.86. The van der Waals surface area contributed by atoms with Crippen molar-refractivity contribution < 1.29 is 9.21 Å². The van der Waals surface area contributed by atoms with E-state index in [0.717, 1.165) is 11.1 Å². The van der Waals surface area contributed by atoms with Crippen molar-refractivity contribution in [3.05, 3.63) is 119 Å². The van der Waals surface area contributed by atoms with Gasteiger partial charge in [-0.25, -0.2) is 4.99 Å². The lowest BCUT2D eigenvalue weighted by Gasteiger charge is -2.23. The highest BCUT2D eigenvalue weighted by molar-refractivity contribution is 7.07. The van der Waals surface area contributed by atoms with Crippen molar-refractivity contribution >= 4 is 40.6 Å². The normalized spacial score (nSPS) is 15.7. The lowest BCUT2D eigenvalue weighted by atomic mass is 10.00. The minimum absolute atomic E-state index is 0.239. The second-order valence-corrected chi connectivity index (χ2v) is 9.80. The summed E-state index contributed by atoms with van der Waals surface area (Å²) in [7, 11) is 0. The number of aromatic nitrogens is 1. The first-order valence-corrected chi connectivity index (χ1v) is 12.2. The van der Waals surface area contributed by atoms with Crippen LogP contribution >= 0.6 is 22.9 Å². The van der Waals surface area contributed by atoms with Crippen molar-refractivity contribution in [1.29, 1.82) is 0 Å². The second-order valence-electron chi connectivity index (χ2n) is 8.35. The van der Waals surface area contributed by atoms with Gasteiger partial charge in [0.15, 0.2) is 4.80 Å². The van der Waals surface area contributed by atoms with E-state index in [0.29, 0.717) is 42.8 Å². The number of carbonyl (C=O) groups excluding carboxylic acids is 1. The van der Waals surface area contributed by atoms with Gasteiger partial charge in [-0.15, -0.1) is 0 Å². The van der Waals surface area contributed by atoms with Crippen LogP contribution in [-0.2, 0) is 4.79 Å². The van der Waals surface area contributed by atoms with Gasteiger partial charge in [0, 0.05) is 10.7 Å². The molecule has 0 saturated heterocycles. The van der Waals surface area contributed by atoms with Gasteiger partial charge in [0.05, 0.1) is 15.8 Å². The molecule has 176 valence electrons. The fourth-order valence-electron chi connectivity index (χ4n) is 4.09. The van der Waals surface area contributed by atoms with E-state index in [2.05, 4.69) is 10.3 Å². The van der Waals surface area contributed by atoms with Crippen LogP contribution in [0.2, 0.25) is 5.02 Å². The van der Waals surface area contributed by atoms with Crippen molar-refractivity contribution in [2.75, 3.05) is 5.32 Å². The van der Waals surface area contributed by atoms with E-state index in [-0.39, 0.29) is 11.5 Å². The van der Waals surface area contributed by atoms with Crippen LogP contribution < -0.4 is 20.2 Å². The molecule has 0 bridgehead atoms. The molecule has 1 atom stereocenters. The molecule has 35 heavy (non-hydrogen) atoms. The number of furan rings is 1. The van der Waals surface area contributed by atoms with Crippen molar-refractivity contribution in [3.63, 3.8) is 0 Å². The average Bonchev–Trinajstić information content (AvgIpc) is 3.39. The number of rotatable bonds is 4. The maximum absolute atomic E-state index is 13.6. The highest BCUT2D eigenvalue weighted by atomic mass is 35.5. The molecule has 1 N–H and O–H groups in total. The third-order valence-corrected chi connectivity index (χ3v) is 7.09. The van der Waals surface area contributed by atoms with Crippen molar-refractivity contribution in [1.82, 2.24) is 4.57 Å². The summed E-state index contributed by atoms with van der Waals surface area (Å²) in [6, 6.07) is 17.7. The van der Waals surface area contributed by atoms with Crippen LogP contribution in [0.5, 0.6) is 0 Å². The monoisotopic (exact) mass is 503 g/mol. The van der Waals surface area contributed by atoms with Crippen LogP contribution in [0.1, 0.15) is 35.6 Å². The molecule has 1 aliphatic rings. The van der Waals surface area contributed by atoms with E-state index in [9.17, 15) is 9.59 Å². The Bertz CT molecular complexity index is 1660. The summed E-state index contributed by atoms with van der Waals surface area (Å²) in [5.41, 5.74) is 3.15. The number of fused-ring (bicyclic) bond motifs is 1. The number of allylic oxidation sites excluding steroid dienone is 1. The summed E-state index contributed by atoms with van der Waals surface area (Å²) in [5.74, 6) is 0.870. The zero-order valence-electron chi connectivity index (χ0n) is 19.3. The van der Waals surface area contributed by atoms with E-state index in [4.69, 9.17) is 16.0 Å². The van der Waals surface area contributed by atoms with E-state index in [1.807, 2.05) is 56.3 Å². The summed E-state index contributed by atoms with van der Waals surface area (Å²) in [6.07, 6.45) is 1.80. The van der Waals surface area contributed by atoms with Gasteiger partial charge in [-0.05, 0) is 68.3 Å². The minimum Gasteiger partial charge on any atom is -0.464 e. The van der Waals surface area contributed by atoms with Gasteiger partial charge >= 0.3 is 0 Å². The van der Waals surface area contributed by atoms with Crippen LogP contribution in [0, 0.1) is 13.8 Å². The van der Waals surface area contributed by atoms with Gasteiger partial charge in [0.2, 0.25) is 0 Å². The van der Waals surface area contributed by atoms with Gasteiger partial charge in [-0.2, -0.15) is 0 Å². The smallest absolute Gasteiger partial charge is 0.271 e. The van der Waals surface area contributed by atoms with Crippen molar-refractivity contribution in [3.8, 4) is 0 Å². The summed E-state index contributed by atoms with van der Waals surface area (Å²) in [5, 5.41) is 3.61. The molecule has 0 saturated carbocycles. The molecule has 1 aliphatic heterocycles. The number of nitrogens with zero attached hydrogens (tertiary/aromatic N) is 2. The maximum Gasteiger partial charge on any atom is 0.271 e. The van der Waals surface area contributed by atoms with Gasteiger partial charge in [0.25, 0.3) is 11.5 Å². The number of hydrogen-bond donors (Lipinski definition) is 1. The zero-order chi connectivity index (χ0) is 24.7. The number of nitrogens with one attached hydrogen (secondary N) is 1. The molecule has 0 spiro atoms. The Morgan fingerprint density at radius 1 is 1.09 bits per heavy atom. The molecular weight excluding hydrogens is 482 g/mol. The second kappa shape index (κ2) is 9.17. The Labute approximate surface area is 210 Å². The van der Waals surface area contributed by atoms with Gasteiger partial charge in [-0.1, -0.05) is 53.3 Å². The predicted molar refractivity (Wildman–Crippen MR) is 138 cm³/mol. The number of anilines is 1. The fraction of sp³-hybridized carbons (Fsp3) is 0.148. The Morgan fingerprint density at radius 3 is 2.51 bits per heavy atom. The lowest BCUT2D eigenvalue weighted by Crippen LogP contribution is -2.40. The molecule has 8 heteroatoms. The number of carbonyl (C=O) groups is 1. The first kappa shape index (κ1) is 23.1. The van der Waals surface area contributed by atoms with Gasteiger partial charge in [-0.3, -0.25) is 14.2 Å². The van der Waals surface area contributed by atoms with Gasteiger partial charge < -0.3 is 9.73 Å². The molecule has 3 heterocycles. The summed E-state index contributed by atoms with van der Waals surface area (Å²) >= 11 is 7.28. The molecular formula is C27H22ClN3O3S. The molecule has 2 aromatic carbocycles. The first-order valence-electron chi connectivity index (χ1n) is 11.0. The number of halogens is 1. The first-order chi connectivity index (χ1) is 16.8. The van der Waals surface area contributed by atoms with Crippen LogP contribution in [0.15, 0.2) is 86.1 Å². The van der Waals surface area contributed by atoms with E-state index < -0.39 is 6.04 Å². The average molecular weight is 504 g/mol. The molecule has 4 aromatic rings. The van der Waals surface area contributed by atoms with Crippen molar-refractivity contribution in [2.24, 2.45) is 4.99 Å². The maximum atomic E-state index is 13.6. The molecule has 0 fully saturated rings. The quantitative estimate of drug-likeness (QED) is 0.437. The molecule has 1 amide bonds. The van der Waals surface area contributed by atoms with Crippen LogP contribution in [-0.4, -0.2) is 10.5 Å². The number of hydrogen-bond acceptors (Lipinski definition) is 5. The van der Waals surface area contributed by atoms with E-state index in [1.165, 1.54) is 11.3 Å². The molecule has 2 aromatic heterocycles. The zero-order valence-corrected chi connectivity index (χ0v) is 20.9.